The first-order valence-electron chi connectivity index (χ1n) is 15.0. The standard InChI is InChI=1S/C32H47NO7/c1-17-15-25(38-28(36)21(17)16-34)19(3)23-10-9-22-18(2)24(13-14-30(22,23)5)31(6)26(35)11-12-27(32(31)20(4)40-32)39-29(37)33(7)8/h11-12,18-20,22-25,27,34H,9-10,13-16H2,1-8H3/t18-,19-,20+,22-,23+,24-,25+,27-,30-,31-,32-/m0/s1. The van der Waals surface area contributed by atoms with Gasteiger partial charge in [-0.2, -0.15) is 0 Å². The predicted octanol–water partition coefficient (Wildman–Crippen LogP) is 4.69. The van der Waals surface area contributed by atoms with Gasteiger partial charge in [0.25, 0.3) is 0 Å². The Kier molecular flexibility index (Phi) is 7.30. The fourth-order valence-electron chi connectivity index (χ4n) is 9.71. The highest BCUT2D eigenvalue weighted by molar-refractivity contribution is 5.98. The summed E-state index contributed by atoms with van der Waals surface area (Å²) in [6.07, 6.45) is 6.57. The van der Waals surface area contributed by atoms with Crippen molar-refractivity contribution in [2.24, 2.45) is 40.4 Å². The van der Waals surface area contributed by atoms with Gasteiger partial charge in [0, 0.05) is 20.5 Å². The van der Waals surface area contributed by atoms with Crippen molar-refractivity contribution in [1.82, 2.24) is 4.90 Å². The van der Waals surface area contributed by atoms with Crippen molar-refractivity contribution < 1.29 is 33.7 Å². The van der Waals surface area contributed by atoms with Gasteiger partial charge in [-0.15, -0.1) is 0 Å². The Labute approximate surface area is 238 Å². The van der Waals surface area contributed by atoms with Crippen LogP contribution in [-0.4, -0.2) is 72.5 Å². The molecule has 2 heterocycles. The average Bonchev–Trinajstić information content (AvgIpc) is 3.44. The molecule has 0 radical (unpaired) electrons. The van der Waals surface area contributed by atoms with Crippen LogP contribution in [-0.2, 0) is 23.8 Å². The molecule has 2 saturated carbocycles. The van der Waals surface area contributed by atoms with Crippen molar-refractivity contribution in [2.45, 2.75) is 97.6 Å². The molecule has 2 aliphatic heterocycles. The van der Waals surface area contributed by atoms with Crippen molar-refractivity contribution >= 4 is 17.8 Å². The number of allylic oxidation sites excluding steroid dienone is 1. The molecular weight excluding hydrogens is 510 g/mol. The van der Waals surface area contributed by atoms with Crippen molar-refractivity contribution in [3.05, 3.63) is 23.3 Å². The molecule has 5 rings (SSSR count). The number of carbonyl (C=O) groups excluding carboxylic acids is 3. The van der Waals surface area contributed by atoms with Crippen LogP contribution in [0, 0.1) is 40.4 Å². The van der Waals surface area contributed by atoms with Gasteiger partial charge in [-0.25, -0.2) is 9.59 Å². The molecule has 11 atom stereocenters. The third-order valence-corrected chi connectivity index (χ3v) is 12.1. The second kappa shape index (κ2) is 9.97. The molecule has 1 amide bonds. The number of epoxide rings is 1. The number of ketones is 1. The number of nitrogens with zero attached hydrogens (tertiary/aromatic N) is 1. The minimum absolute atomic E-state index is 0.0634. The van der Waals surface area contributed by atoms with Gasteiger partial charge in [-0.1, -0.05) is 26.3 Å². The third kappa shape index (κ3) is 4.03. The minimum Gasteiger partial charge on any atom is -0.458 e. The van der Waals surface area contributed by atoms with Crippen molar-refractivity contribution in [3.8, 4) is 0 Å². The van der Waals surface area contributed by atoms with Gasteiger partial charge in [0.1, 0.15) is 11.7 Å². The minimum atomic E-state index is -0.854. The van der Waals surface area contributed by atoms with E-state index in [0.29, 0.717) is 23.8 Å². The topological polar surface area (TPSA) is 106 Å². The van der Waals surface area contributed by atoms with Crippen LogP contribution in [0.2, 0.25) is 0 Å². The molecule has 1 N–H and O–H groups in total. The molecule has 3 aliphatic carbocycles. The monoisotopic (exact) mass is 557 g/mol. The molecule has 8 heteroatoms. The number of ether oxygens (including phenoxy) is 3. The van der Waals surface area contributed by atoms with Gasteiger partial charge >= 0.3 is 12.1 Å². The van der Waals surface area contributed by atoms with Crippen molar-refractivity contribution in [2.75, 3.05) is 20.7 Å². The number of hydrogen-bond donors (Lipinski definition) is 1. The molecular formula is C32H47NO7. The van der Waals surface area contributed by atoms with Crippen molar-refractivity contribution in [1.29, 1.82) is 0 Å². The van der Waals surface area contributed by atoms with Crippen LogP contribution in [0.15, 0.2) is 23.3 Å². The van der Waals surface area contributed by atoms with Gasteiger partial charge in [0.15, 0.2) is 11.9 Å². The normalized spacial score (nSPS) is 45.3. The molecule has 40 heavy (non-hydrogen) atoms. The molecule has 0 aromatic carbocycles. The lowest BCUT2D eigenvalue weighted by Gasteiger charge is -2.55. The molecule has 0 bridgehead atoms. The number of carbonyl (C=O) groups is 3. The van der Waals surface area contributed by atoms with Gasteiger partial charge in [0.2, 0.25) is 0 Å². The second-order valence-corrected chi connectivity index (χ2v) is 13.9. The number of amides is 1. The van der Waals surface area contributed by atoms with E-state index in [1.807, 2.05) is 20.8 Å². The summed E-state index contributed by atoms with van der Waals surface area (Å²) in [4.78, 5) is 40.3. The molecule has 1 saturated heterocycles. The number of aliphatic hydroxyl groups is 1. The lowest BCUT2D eigenvalue weighted by molar-refractivity contribution is -0.153. The van der Waals surface area contributed by atoms with E-state index >= 15 is 0 Å². The Bertz CT molecular complexity index is 1140. The van der Waals surface area contributed by atoms with E-state index in [4.69, 9.17) is 14.2 Å². The van der Waals surface area contributed by atoms with Gasteiger partial charge in [0.05, 0.1) is 23.7 Å². The molecule has 222 valence electrons. The number of aliphatic hydroxyl groups excluding tert-OH is 1. The molecule has 3 fully saturated rings. The smallest absolute Gasteiger partial charge is 0.409 e. The Balaban J connectivity index is 1.39. The third-order valence-electron chi connectivity index (χ3n) is 12.1. The maximum absolute atomic E-state index is 13.8. The summed E-state index contributed by atoms with van der Waals surface area (Å²) in [5.41, 5.74) is -0.261. The van der Waals surface area contributed by atoms with Crippen LogP contribution >= 0.6 is 0 Å². The summed E-state index contributed by atoms with van der Waals surface area (Å²) in [6, 6.07) is 0. The summed E-state index contributed by atoms with van der Waals surface area (Å²) in [7, 11) is 3.31. The molecule has 8 nitrogen and oxygen atoms in total. The summed E-state index contributed by atoms with van der Waals surface area (Å²) in [5.74, 6) is 1.06. The zero-order valence-corrected chi connectivity index (χ0v) is 25.4. The van der Waals surface area contributed by atoms with Crippen LogP contribution in [0.5, 0.6) is 0 Å². The van der Waals surface area contributed by atoms with Crippen LogP contribution in [0.1, 0.15) is 73.6 Å². The second-order valence-electron chi connectivity index (χ2n) is 13.9. The zero-order chi connectivity index (χ0) is 29.4. The van der Waals surface area contributed by atoms with E-state index in [1.165, 1.54) is 4.90 Å². The van der Waals surface area contributed by atoms with Gasteiger partial charge in [-0.05, 0) is 93.6 Å². The maximum atomic E-state index is 13.8. The van der Waals surface area contributed by atoms with Gasteiger partial charge in [-0.3, -0.25) is 4.79 Å². The molecule has 0 aromatic heterocycles. The van der Waals surface area contributed by atoms with E-state index in [0.717, 1.165) is 31.3 Å². The van der Waals surface area contributed by atoms with E-state index in [-0.39, 0.29) is 53.7 Å². The lowest BCUT2D eigenvalue weighted by Crippen LogP contribution is -2.61. The SMILES string of the molecule is CC1=C(CO)C(=O)O[C@@H]([C@@H](C)[C@H]2CC[C@H]3[C@H](C)[C@@H]([C@@]4(C)C(=O)C=C[C@H](OC(=O)N(C)C)[C@]45O[C@@H]5C)CC[C@]23C)C1. The highest BCUT2D eigenvalue weighted by Gasteiger charge is 2.76. The Hall–Kier alpha value is -2.19. The lowest BCUT2D eigenvalue weighted by atomic mass is 9.48. The molecule has 0 unspecified atom stereocenters. The number of cyclic esters (lactones) is 1. The fraction of sp³-hybridized carbons (Fsp3) is 0.781. The Morgan fingerprint density at radius 3 is 2.42 bits per heavy atom. The van der Waals surface area contributed by atoms with E-state index in [1.54, 1.807) is 26.2 Å². The number of hydrogen-bond acceptors (Lipinski definition) is 7. The summed E-state index contributed by atoms with van der Waals surface area (Å²) >= 11 is 0. The summed E-state index contributed by atoms with van der Waals surface area (Å²) < 4.78 is 18.1. The fourth-order valence-corrected chi connectivity index (χ4v) is 9.71. The first kappa shape index (κ1) is 29.3. The summed E-state index contributed by atoms with van der Waals surface area (Å²) in [6.45, 7) is 12.6. The van der Waals surface area contributed by atoms with Crippen LogP contribution in [0.3, 0.4) is 0 Å². The first-order valence-corrected chi connectivity index (χ1v) is 15.0. The maximum Gasteiger partial charge on any atom is 0.409 e. The Morgan fingerprint density at radius 2 is 1.85 bits per heavy atom. The first-order chi connectivity index (χ1) is 18.7. The predicted molar refractivity (Wildman–Crippen MR) is 149 cm³/mol. The molecule has 5 aliphatic rings. The number of fused-ring (bicyclic) bond motifs is 1. The van der Waals surface area contributed by atoms with Crippen LogP contribution in [0.25, 0.3) is 0 Å². The largest absolute Gasteiger partial charge is 0.458 e. The van der Waals surface area contributed by atoms with Crippen LogP contribution in [0.4, 0.5) is 4.79 Å². The highest BCUT2D eigenvalue weighted by atomic mass is 16.7. The van der Waals surface area contributed by atoms with Crippen LogP contribution < -0.4 is 0 Å². The van der Waals surface area contributed by atoms with E-state index in [2.05, 4.69) is 20.8 Å². The summed E-state index contributed by atoms with van der Waals surface area (Å²) in [5, 5.41) is 9.58. The van der Waals surface area contributed by atoms with Gasteiger partial charge < -0.3 is 24.2 Å². The molecule has 0 aromatic rings. The van der Waals surface area contributed by atoms with E-state index < -0.39 is 23.2 Å². The Morgan fingerprint density at radius 1 is 1.18 bits per heavy atom. The average molecular weight is 558 g/mol. The zero-order valence-electron chi connectivity index (χ0n) is 25.4. The van der Waals surface area contributed by atoms with Crippen molar-refractivity contribution in [3.63, 3.8) is 0 Å². The highest BCUT2D eigenvalue weighted by Crippen LogP contribution is 2.68. The number of rotatable bonds is 5. The molecule has 1 spiro atoms. The van der Waals surface area contributed by atoms with E-state index in [9.17, 15) is 19.5 Å². The quantitative estimate of drug-likeness (QED) is 0.386. The number of esters is 1.